The van der Waals surface area contributed by atoms with Gasteiger partial charge in [-0.1, -0.05) is 13.8 Å². The number of aromatic nitrogens is 9. The Labute approximate surface area is 668 Å². The number of aliphatic hydroxyl groups excluding tert-OH is 1. The number of rotatable bonds is 22. The Morgan fingerprint density at radius 3 is 1.36 bits per heavy atom. The molecule has 4 aromatic carbocycles. The number of H-pyrrole nitrogens is 3. The summed E-state index contributed by atoms with van der Waals surface area (Å²) in [5.41, 5.74) is 8.02. The summed E-state index contributed by atoms with van der Waals surface area (Å²) in [7, 11) is 14.0. The summed E-state index contributed by atoms with van der Waals surface area (Å²) in [5.74, 6) is -4.48. The van der Waals surface area contributed by atoms with Gasteiger partial charge in [-0.25, -0.2) is 32.1 Å². The lowest BCUT2D eigenvalue weighted by Gasteiger charge is -2.12. The van der Waals surface area contributed by atoms with E-state index in [2.05, 4.69) is 66.8 Å². The van der Waals surface area contributed by atoms with Gasteiger partial charge >= 0.3 is 18.2 Å². The molecule has 0 aliphatic carbocycles. The van der Waals surface area contributed by atoms with Gasteiger partial charge in [-0.15, -0.1) is 0 Å². The second-order valence-corrected chi connectivity index (χ2v) is 25.4. The fraction of sp³-hybridized carbons (Fsp3) is 0.194. The van der Waals surface area contributed by atoms with E-state index in [0.29, 0.717) is 79.3 Å². The Morgan fingerprint density at radius 2 is 0.905 bits per heavy atom. The first-order valence-electron chi connectivity index (χ1n) is 33.2. The first-order valence-corrected chi connectivity index (χ1v) is 36.5. The Bertz CT molecular complexity index is 6060. The number of benzene rings is 4. The van der Waals surface area contributed by atoms with Gasteiger partial charge in [0.25, 0.3) is 33.6 Å². The van der Waals surface area contributed by atoms with Gasteiger partial charge in [-0.05, 0) is 97.1 Å². The number of Topliss-reactive ketones (excluding diaryl/α,β-unsaturated/α-hetero) is 5. The Morgan fingerprint density at radius 1 is 0.483 bits per heavy atom. The molecule has 7 unspecified atom stereocenters. The van der Waals surface area contributed by atoms with Crippen LogP contribution in [0.1, 0.15) is 32.4 Å². The number of ketones is 5. The van der Waals surface area contributed by atoms with Crippen molar-refractivity contribution in [2.24, 2.45) is 0 Å². The maximum absolute atomic E-state index is 13.7. The summed E-state index contributed by atoms with van der Waals surface area (Å²) in [5, 5.41) is 28.3. The smallest absolute Gasteiger partial charge is 0.375 e. The number of nitrogens with one attached hydrogen (secondary N) is 4. The van der Waals surface area contributed by atoms with Crippen LogP contribution in [0.2, 0.25) is 0 Å². The van der Waals surface area contributed by atoms with Crippen molar-refractivity contribution in [3.63, 3.8) is 0 Å². The fourth-order valence-corrected chi connectivity index (χ4v) is 11.6. The van der Waals surface area contributed by atoms with Crippen LogP contribution in [-0.4, -0.2) is 157 Å². The first-order chi connectivity index (χ1) is 55.5. The molecule has 0 spiro atoms. The molecule has 13 aromatic rings. The Hall–Kier alpha value is -10.2. The lowest BCUT2D eigenvalue weighted by Crippen LogP contribution is -2.27. The summed E-state index contributed by atoms with van der Waals surface area (Å²) in [6.45, 7) is 2.72. The number of carbonyl (C=O) groups excluding carboxylic acids is 5. The molecule has 44 heteroatoms. The van der Waals surface area contributed by atoms with Gasteiger partial charge in [0.15, 0.2) is 23.1 Å². The van der Waals surface area contributed by atoms with Gasteiger partial charge in [0.1, 0.15) is 75.2 Å². The number of pyridine rings is 8. The van der Waals surface area contributed by atoms with Crippen molar-refractivity contribution < 1.29 is 103 Å². The van der Waals surface area contributed by atoms with Crippen LogP contribution < -0.4 is 27.8 Å². The monoisotopic (exact) mass is 1740 g/mol. The molecule has 33 nitrogen and oxygen atoms in total. The van der Waals surface area contributed by atoms with Crippen LogP contribution in [0, 0.1) is 28.8 Å². The van der Waals surface area contributed by atoms with E-state index in [1.807, 2.05) is 81.2 Å². The normalized spacial score (nSPS) is 10.4. The molecule has 0 aliphatic heterocycles. The Balaban J connectivity index is 0.000000245. The molecule has 0 radical (unpaired) electrons. The molecule has 9 heterocycles. The van der Waals surface area contributed by atoms with Gasteiger partial charge < -0.3 is 66.5 Å². The molecule has 13 rings (SSSR count). The molecule has 0 saturated carbocycles. The summed E-state index contributed by atoms with van der Waals surface area (Å²) in [4.78, 5) is 158. The second kappa shape index (κ2) is 49.6. The van der Waals surface area contributed by atoms with Crippen molar-refractivity contribution in [1.82, 2.24) is 43.4 Å². The molecule has 7 atom stereocenters. The third-order valence-corrected chi connectivity index (χ3v) is 16.4. The maximum Gasteiger partial charge on any atom is 0.375 e. The molecule has 0 bridgehead atoms. The number of nitrogens with zero attached hydrogens (tertiary/aromatic N) is 7. The number of halogens is 4. The predicted molar refractivity (Wildman–Crippen MR) is 446 cm³/mol. The largest absolute Gasteiger partial charge is 0.480 e. The standard InChI is InChI=1S/C15H11FN3O2P.C15H12FN2O4P.C15H12FN2O3P.C12H7FN2O.2C4H9O2P.C3H6N2O2P.C2H5O3P.C2H4O3/c16-8-1-2-10-11(5-8)13-12(3-4-17-15(13)20)19-6-9(7-21-22)18-14(10)19;16-8-1-2-10-11(5-8)13-12(3-4-17-14(13)20)18(15(10)21)6-9(19)7-22-23;16-9-1-2-11-12(5-9)13-6-17-4-3-14(13)18(15(11)20)7-10(19)8-21-22;13-7-1-2-8-9(5-7)10-6-14-4-3-11(10)15-12(8)16;2*1-2-4(5)3-6-7;4-5-1-3(6)2-7-8;3-2(4)1-5-6;3-1-2(4)5/h1-6H,7,22H2,(H,17,20);1-5H,6-7,23H2,(H,17,20);1-6H,7-8,22H2;1-6H,(H,15,16);2*2-3,7H2,1H3;1,4H,2,8H2;1,6H2,(H,3,4);3H,1H2,(H,4,5)/q;;;;;;+1;;. The van der Waals surface area contributed by atoms with Crippen LogP contribution in [0.25, 0.3) is 92.3 Å². The minimum atomic E-state index is -1.19. The fourth-order valence-electron chi connectivity index (χ4n) is 10.4. The summed E-state index contributed by atoms with van der Waals surface area (Å²) in [6, 6.07) is 22.7. The van der Waals surface area contributed by atoms with E-state index in [0.717, 1.165) is 34.8 Å². The van der Waals surface area contributed by atoms with E-state index in [1.54, 1.807) is 49.1 Å². The van der Waals surface area contributed by atoms with Gasteiger partial charge in [0, 0.05) is 176 Å². The highest BCUT2D eigenvalue weighted by molar-refractivity contribution is 7.10. The number of aromatic amines is 3. The first kappa shape index (κ1) is 96.4. The topological polar surface area (TPSA) is 468 Å². The van der Waals surface area contributed by atoms with E-state index < -0.39 is 41.3 Å². The minimum Gasteiger partial charge on any atom is -0.480 e. The third kappa shape index (κ3) is 28.0. The highest BCUT2D eigenvalue weighted by Gasteiger charge is 2.19. The number of aliphatic carboxylic acids is 2. The predicted octanol–water partition coefficient (Wildman–Crippen LogP) is 8.57. The third-order valence-electron chi connectivity index (χ3n) is 15.3. The van der Waals surface area contributed by atoms with Crippen LogP contribution in [0.15, 0.2) is 164 Å². The van der Waals surface area contributed by atoms with Crippen molar-refractivity contribution in [2.45, 2.75) is 46.4 Å². The van der Waals surface area contributed by atoms with Crippen molar-refractivity contribution in [3.8, 4) is 0 Å². The van der Waals surface area contributed by atoms with Crippen molar-refractivity contribution in [2.75, 3.05) is 46.2 Å². The molecule has 116 heavy (non-hydrogen) atoms. The number of carboxylic acids is 2. The number of aliphatic hydroxyl groups is 1. The van der Waals surface area contributed by atoms with E-state index in [9.17, 15) is 70.3 Å². The van der Waals surface area contributed by atoms with Gasteiger partial charge in [-0.3, -0.25) is 66.9 Å². The van der Waals surface area contributed by atoms with E-state index >= 15 is 0 Å². The van der Waals surface area contributed by atoms with Crippen LogP contribution in [0.3, 0.4) is 0 Å². The van der Waals surface area contributed by atoms with Crippen LogP contribution in [0.5, 0.6) is 0 Å². The number of hydrogen-bond donors (Lipinski definition) is 7. The minimum absolute atomic E-state index is 0.0347. The van der Waals surface area contributed by atoms with Crippen molar-refractivity contribution in [3.05, 3.63) is 221 Å². The number of fused-ring (bicyclic) bond motifs is 15. The van der Waals surface area contributed by atoms with Crippen molar-refractivity contribution >= 4 is 206 Å². The number of imidazole rings is 1. The zero-order valence-corrected chi connectivity index (χ0v) is 69.2. The lowest BCUT2D eigenvalue weighted by atomic mass is 10.1. The molecular formula is C72H75F4N11O22P7+. The number of carbonyl (C=O) groups is 7. The molecular weight excluding hydrogens is 1660 g/mol. The Kier molecular flexibility index (Phi) is 41.2. The van der Waals surface area contributed by atoms with Crippen LogP contribution in [-0.2, 0) is 84.9 Å². The summed E-state index contributed by atoms with van der Waals surface area (Å²) >= 11 is 0. The number of carboxylic acid groups (broad SMARTS) is 2. The SMILES string of the molecule is CCC(=O)COP.CCC(=O)COP.N=[N+]=CC(=O)COP.O=C(COP)Cn1c(=O)c2ccc(F)cc2c2c(=O)[nH]ccc21.O=C(COP)Cn1c(=O)c2ccc(F)cc2c2cnccc21.O=C(O)CO.O=C(O)COP.O=c1[nH]c2ccncc2c2cc(F)ccc12.O=c1[nH]ccc2c1c1cc(F)ccc1c1nc(COP)cn21. The average Bonchev–Trinajstić information content (AvgIpc) is 1.40. The highest BCUT2D eigenvalue weighted by atomic mass is 31.0. The van der Waals surface area contributed by atoms with Crippen molar-refractivity contribution in [1.29, 1.82) is 5.53 Å². The van der Waals surface area contributed by atoms with E-state index in [4.69, 9.17) is 34.7 Å². The van der Waals surface area contributed by atoms with Gasteiger partial charge in [0.05, 0.1) is 68.6 Å². The van der Waals surface area contributed by atoms with E-state index in [-0.39, 0.29) is 132 Å². The summed E-state index contributed by atoms with van der Waals surface area (Å²) < 4.78 is 90.1. The van der Waals surface area contributed by atoms with Crippen LogP contribution in [0.4, 0.5) is 17.6 Å². The zero-order valence-electron chi connectivity index (χ0n) is 61.1. The van der Waals surface area contributed by atoms with Gasteiger partial charge in [0.2, 0.25) is 0 Å². The molecule has 0 amide bonds. The van der Waals surface area contributed by atoms with Crippen LogP contribution >= 0.6 is 66.3 Å². The zero-order chi connectivity index (χ0) is 85.7. The second-order valence-electron chi connectivity index (χ2n) is 23.1. The molecule has 9 aromatic heterocycles. The van der Waals surface area contributed by atoms with Gasteiger partial charge in [-0.2, -0.15) is 0 Å². The maximum atomic E-state index is 13.7. The molecule has 0 saturated heterocycles. The van der Waals surface area contributed by atoms with E-state index in [1.165, 1.54) is 82.2 Å². The lowest BCUT2D eigenvalue weighted by molar-refractivity contribution is -0.140. The number of hydrogen-bond acceptors (Lipinski definition) is 24. The quantitative estimate of drug-likeness (QED) is 0.00833. The molecule has 612 valence electrons. The molecule has 0 fully saturated rings. The summed E-state index contributed by atoms with van der Waals surface area (Å²) in [6.07, 6.45) is 13.1. The molecule has 0 aliphatic rings. The average molecular weight is 1740 g/mol. The highest BCUT2D eigenvalue weighted by Crippen LogP contribution is 2.29. The molecule has 7 N–H and O–H groups in total.